The Kier molecular flexibility index (Phi) is 4.39. The summed E-state index contributed by atoms with van der Waals surface area (Å²) in [5.74, 6) is 1.67. The van der Waals surface area contributed by atoms with Gasteiger partial charge in [-0.1, -0.05) is 12.5 Å². The van der Waals surface area contributed by atoms with Gasteiger partial charge in [0.2, 0.25) is 5.91 Å². The van der Waals surface area contributed by atoms with Crippen LogP contribution in [0, 0.1) is 5.92 Å². The molecule has 2 fully saturated rings. The lowest BCUT2D eigenvalue weighted by Gasteiger charge is -2.36. The molecule has 114 valence electrons. The summed E-state index contributed by atoms with van der Waals surface area (Å²) in [7, 11) is 0. The van der Waals surface area contributed by atoms with Crippen molar-refractivity contribution in [3.8, 4) is 0 Å². The molecule has 1 aromatic rings. The minimum Gasteiger partial charge on any atom is -0.353 e. The van der Waals surface area contributed by atoms with Gasteiger partial charge in [-0.2, -0.15) is 0 Å². The Balaban J connectivity index is 1.50. The molecule has 0 aromatic carbocycles. The van der Waals surface area contributed by atoms with Crippen LogP contribution >= 0.6 is 0 Å². The molecule has 0 unspecified atom stereocenters. The summed E-state index contributed by atoms with van der Waals surface area (Å²) in [5, 5.41) is 0. The van der Waals surface area contributed by atoms with E-state index in [0.29, 0.717) is 12.3 Å². The molecule has 21 heavy (non-hydrogen) atoms. The molecular weight excluding hydrogens is 264 g/mol. The molecule has 5 nitrogen and oxygen atoms in total. The highest BCUT2D eigenvalue weighted by Gasteiger charge is 2.29. The van der Waals surface area contributed by atoms with Gasteiger partial charge in [0.25, 0.3) is 0 Å². The van der Waals surface area contributed by atoms with Crippen LogP contribution in [0.4, 0.5) is 5.82 Å². The Hall–Kier alpha value is -1.62. The zero-order valence-electron chi connectivity index (χ0n) is 12.4. The molecule has 2 atom stereocenters. The highest BCUT2D eigenvalue weighted by Crippen LogP contribution is 2.27. The Morgan fingerprint density at radius 1 is 1.24 bits per heavy atom. The SMILES string of the molecule is N[C@@H]1CCC[C@H]1CC(=O)N1CCN(c2ccccn2)CC1. The lowest BCUT2D eigenvalue weighted by molar-refractivity contribution is -0.132. The van der Waals surface area contributed by atoms with Gasteiger partial charge in [-0.25, -0.2) is 4.98 Å². The quantitative estimate of drug-likeness (QED) is 0.909. The summed E-state index contributed by atoms with van der Waals surface area (Å²) >= 11 is 0. The number of carbonyl (C=O) groups is 1. The largest absolute Gasteiger partial charge is 0.353 e. The van der Waals surface area contributed by atoms with Crippen molar-refractivity contribution < 1.29 is 4.79 Å². The molecule has 1 saturated heterocycles. The van der Waals surface area contributed by atoms with Crippen LogP contribution in [0.25, 0.3) is 0 Å². The zero-order valence-corrected chi connectivity index (χ0v) is 12.4. The number of aromatic nitrogens is 1. The molecule has 3 rings (SSSR count). The van der Waals surface area contributed by atoms with Crippen molar-refractivity contribution in [1.29, 1.82) is 0 Å². The molecule has 2 N–H and O–H groups in total. The van der Waals surface area contributed by atoms with Crippen molar-refractivity contribution >= 4 is 11.7 Å². The van der Waals surface area contributed by atoms with Gasteiger partial charge in [-0.05, 0) is 30.9 Å². The van der Waals surface area contributed by atoms with E-state index in [1.165, 1.54) is 6.42 Å². The number of carbonyl (C=O) groups excluding carboxylic acids is 1. The van der Waals surface area contributed by atoms with Crippen LogP contribution in [0.15, 0.2) is 24.4 Å². The van der Waals surface area contributed by atoms with E-state index in [1.807, 2.05) is 29.3 Å². The Morgan fingerprint density at radius 2 is 2.05 bits per heavy atom. The van der Waals surface area contributed by atoms with Crippen molar-refractivity contribution in [3.63, 3.8) is 0 Å². The average Bonchev–Trinajstić information content (AvgIpc) is 2.93. The Bertz CT molecular complexity index is 470. The summed E-state index contributed by atoms with van der Waals surface area (Å²) in [6, 6.07) is 6.17. The van der Waals surface area contributed by atoms with E-state index in [-0.39, 0.29) is 11.9 Å². The Morgan fingerprint density at radius 3 is 2.67 bits per heavy atom. The molecule has 0 spiro atoms. The van der Waals surface area contributed by atoms with Gasteiger partial charge in [-0.3, -0.25) is 4.79 Å². The van der Waals surface area contributed by atoms with Crippen LogP contribution < -0.4 is 10.6 Å². The van der Waals surface area contributed by atoms with Crippen molar-refractivity contribution in [1.82, 2.24) is 9.88 Å². The van der Waals surface area contributed by atoms with E-state index in [1.54, 1.807) is 0 Å². The van der Waals surface area contributed by atoms with E-state index in [9.17, 15) is 4.79 Å². The number of hydrogen-bond donors (Lipinski definition) is 1. The Labute approximate surface area is 126 Å². The molecular formula is C16H24N4O. The van der Waals surface area contributed by atoms with Crippen LogP contribution in [0.5, 0.6) is 0 Å². The minimum atomic E-state index is 0.226. The molecule has 1 amide bonds. The summed E-state index contributed by atoms with van der Waals surface area (Å²) in [5.41, 5.74) is 6.07. The van der Waals surface area contributed by atoms with Crippen molar-refractivity contribution in [3.05, 3.63) is 24.4 Å². The number of nitrogens with zero attached hydrogens (tertiary/aromatic N) is 3. The molecule has 0 bridgehead atoms. The van der Waals surface area contributed by atoms with E-state index in [4.69, 9.17) is 5.73 Å². The first-order valence-electron chi connectivity index (χ1n) is 7.93. The molecule has 2 aliphatic rings. The van der Waals surface area contributed by atoms with E-state index >= 15 is 0 Å². The second kappa shape index (κ2) is 6.43. The predicted octanol–water partition coefficient (Wildman–Crippen LogP) is 1.25. The highest BCUT2D eigenvalue weighted by atomic mass is 16.2. The molecule has 1 saturated carbocycles. The van der Waals surface area contributed by atoms with Gasteiger partial charge >= 0.3 is 0 Å². The third kappa shape index (κ3) is 3.35. The minimum absolute atomic E-state index is 0.226. The normalized spacial score (nSPS) is 26.1. The fourth-order valence-corrected chi connectivity index (χ4v) is 3.40. The smallest absolute Gasteiger partial charge is 0.223 e. The predicted molar refractivity (Wildman–Crippen MR) is 83.0 cm³/mol. The molecule has 1 aliphatic heterocycles. The lowest BCUT2D eigenvalue weighted by Crippen LogP contribution is -2.49. The number of amides is 1. The van der Waals surface area contributed by atoms with Gasteiger partial charge in [0, 0.05) is 44.8 Å². The number of anilines is 1. The van der Waals surface area contributed by atoms with Crippen molar-refractivity contribution in [2.24, 2.45) is 11.7 Å². The van der Waals surface area contributed by atoms with Gasteiger partial charge in [0.05, 0.1) is 0 Å². The van der Waals surface area contributed by atoms with Gasteiger partial charge in [0.15, 0.2) is 0 Å². The van der Waals surface area contributed by atoms with Crippen LogP contribution in [0.1, 0.15) is 25.7 Å². The fourth-order valence-electron chi connectivity index (χ4n) is 3.40. The van der Waals surface area contributed by atoms with Gasteiger partial charge in [-0.15, -0.1) is 0 Å². The molecule has 5 heteroatoms. The number of piperazine rings is 1. The summed E-state index contributed by atoms with van der Waals surface area (Å²) in [6.45, 7) is 3.30. The summed E-state index contributed by atoms with van der Waals surface area (Å²) < 4.78 is 0. The number of hydrogen-bond acceptors (Lipinski definition) is 4. The zero-order chi connectivity index (χ0) is 14.7. The monoisotopic (exact) mass is 288 g/mol. The average molecular weight is 288 g/mol. The maximum atomic E-state index is 12.4. The van der Waals surface area contributed by atoms with Crippen LogP contribution in [0.3, 0.4) is 0 Å². The third-order valence-corrected chi connectivity index (χ3v) is 4.76. The maximum absolute atomic E-state index is 12.4. The molecule has 1 aliphatic carbocycles. The van der Waals surface area contributed by atoms with E-state index < -0.39 is 0 Å². The summed E-state index contributed by atoms with van der Waals surface area (Å²) in [6.07, 6.45) is 5.80. The lowest BCUT2D eigenvalue weighted by atomic mass is 9.99. The first-order valence-corrected chi connectivity index (χ1v) is 7.93. The first kappa shape index (κ1) is 14.3. The molecule has 1 aromatic heterocycles. The first-order chi connectivity index (χ1) is 10.2. The number of pyridine rings is 1. The number of rotatable bonds is 3. The van der Waals surface area contributed by atoms with E-state index in [0.717, 1.165) is 44.8 Å². The number of nitrogens with two attached hydrogens (primary N) is 1. The topological polar surface area (TPSA) is 62.5 Å². The maximum Gasteiger partial charge on any atom is 0.223 e. The van der Waals surface area contributed by atoms with E-state index in [2.05, 4.69) is 9.88 Å². The fraction of sp³-hybridized carbons (Fsp3) is 0.625. The van der Waals surface area contributed by atoms with Crippen molar-refractivity contribution in [2.45, 2.75) is 31.7 Å². The van der Waals surface area contributed by atoms with Gasteiger partial charge < -0.3 is 15.5 Å². The third-order valence-electron chi connectivity index (χ3n) is 4.76. The standard InChI is InChI=1S/C16H24N4O/c17-14-5-3-4-13(14)12-16(21)20-10-8-19(9-11-20)15-6-1-2-7-18-15/h1-2,6-7,13-14H,3-5,8-12,17H2/t13-,14+/m0/s1. The van der Waals surface area contributed by atoms with Crippen LogP contribution in [-0.4, -0.2) is 48.0 Å². The van der Waals surface area contributed by atoms with Gasteiger partial charge in [0.1, 0.15) is 5.82 Å². The van der Waals surface area contributed by atoms with Crippen LogP contribution in [-0.2, 0) is 4.79 Å². The van der Waals surface area contributed by atoms with Crippen molar-refractivity contribution in [2.75, 3.05) is 31.1 Å². The highest BCUT2D eigenvalue weighted by molar-refractivity contribution is 5.77. The molecule has 2 heterocycles. The molecule has 0 radical (unpaired) electrons. The second-order valence-corrected chi connectivity index (χ2v) is 6.11. The summed E-state index contributed by atoms with van der Waals surface area (Å²) in [4.78, 5) is 21.0. The second-order valence-electron chi connectivity index (χ2n) is 6.11. The van der Waals surface area contributed by atoms with Crippen LogP contribution in [0.2, 0.25) is 0 Å².